The Morgan fingerprint density at radius 3 is 2.33 bits per heavy atom. The molecule has 5 rings (SSSR count). The highest BCUT2D eigenvalue weighted by molar-refractivity contribution is 6.17. The van der Waals surface area contributed by atoms with E-state index >= 15 is 0 Å². The van der Waals surface area contributed by atoms with Crippen molar-refractivity contribution < 1.29 is 0 Å². The molecule has 0 unspecified atom stereocenters. The molecule has 4 aromatic rings. The molecule has 1 aliphatic carbocycles. The second kappa shape index (κ2) is 6.34. The maximum atomic E-state index is 4.23. The van der Waals surface area contributed by atoms with Crippen molar-refractivity contribution in [1.82, 2.24) is 4.98 Å². The zero-order valence-corrected chi connectivity index (χ0v) is 18.2. The Balaban J connectivity index is 2.11. The summed E-state index contributed by atoms with van der Waals surface area (Å²) in [5.41, 5.74) is 12.6. The van der Waals surface area contributed by atoms with Crippen LogP contribution in [0, 0.1) is 6.92 Å². The first-order valence-electron chi connectivity index (χ1n) is 10.6. The summed E-state index contributed by atoms with van der Waals surface area (Å²) in [5.74, 6) is 0. The Morgan fingerprint density at radius 1 is 0.900 bits per heavy atom. The summed E-state index contributed by atoms with van der Waals surface area (Å²) < 4.78 is 0. The summed E-state index contributed by atoms with van der Waals surface area (Å²) in [6.07, 6.45) is 8.40. The van der Waals surface area contributed by atoms with Gasteiger partial charge in [-0.3, -0.25) is 0 Å². The normalized spacial score (nSPS) is 14.4. The van der Waals surface area contributed by atoms with Crippen LogP contribution in [0.5, 0.6) is 0 Å². The summed E-state index contributed by atoms with van der Waals surface area (Å²) in [7, 11) is 0. The molecule has 0 radical (unpaired) electrons. The average molecular weight is 390 g/mol. The van der Waals surface area contributed by atoms with E-state index in [9.17, 15) is 0 Å². The molecule has 1 aliphatic rings. The van der Waals surface area contributed by atoms with E-state index in [0.717, 1.165) is 11.1 Å². The van der Waals surface area contributed by atoms with Crippen molar-refractivity contribution >= 4 is 40.0 Å². The number of aromatic nitrogens is 1. The number of fused-ring (bicyclic) bond motifs is 7. The summed E-state index contributed by atoms with van der Waals surface area (Å²) >= 11 is 0. The van der Waals surface area contributed by atoms with Crippen molar-refractivity contribution in [2.24, 2.45) is 0 Å². The number of aryl methyl sites for hydroxylation is 1. The highest BCUT2D eigenvalue weighted by atomic mass is 14.7. The van der Waals surface area contributed by atoms with E-state index in [1.807, 2.05) is 12.2 Å². The van der Waals surface area contributed by atoms with E-state index < -0.39 is 0 Å². The monoisotopic (exact) mass is 389 g/mol. The third-order valence-corrected chi connectivity index (χ3v) is 6.79. The molecule has 0 fully saturated rings. The van der Waals surface area contributed by atoms with Crippen LogP contribution >= 0.6 is 0 Å². The van der Waals surface area contributed by atoms with Gasteiger partial charge in [-0.2, -0.15) is 0 Å². The third kappa shape index (κ3) is 2.18. The van der Waals surface area contributed by atoms with Crippen LogP contribution in [-0.2, 0) is 5.41 Å². The molecule has 0 saturated carbocycles. The van der Waals surface area contributed by atoms with Crippen LogP contribution < -0.4 is 0 Å². The number of nitrogens with one attached hydrogen (secondary N) is 1. The zero-order chi connectivity index (χ0) is 21.2. The van der Waals surface area contributed by atoms with Crippen LogP contribution in [0.3, 0.4) is 0 Å². The predicted octanol–water partition coefficient (Wildman–Crippen LogP) is 8.25. The van der Waals surface area contributed by atoms with Crippen molar-refractivity contribution in [2.45, 2.75) is 33.1 Å². The fourth-order valence-corrected chi connectivity index (χ4v) is 5.48. The van der Waals surface area contributed by atoms with Crippen LogP contribution in [-0.4, -0.2) is 4.98 Å². The largest absolute Gasteiger partial charge is 0.354 e. The van der Waals surface area contributed by atoms with E-state index in [4.69, 9.17) is 0 Å². The van der Waals surface area contributed by atoms with Gasteiger partial charge in [-0.15, -0.1) is 0 Å². The second-order valence-corrected chi connectivity index (χ2v) is 8.75. The Kier molecular flexibility index (Phi) is 3.95. The minimum Gasteiger partial charge on any atom is -0.354 e. The van der Waals surface area contributed by atoms with Crippen LogP contribution in [0.25, 0.3) is 51.2 Å². The van der Waals surface area contributed by atoms with Crippen LogP contribution in [0.2, 0.25) is 0 Å². The molecule has 3 aromatic carbocycles. The fraction of sp³-hybridized carbons (Fsp3) is 0.172. The maximum absolute atomic E-state index is 4.23. The molecular formula is C29H27N. The number of allylic oxidation sites excluding steroid dienone is 1. The zero-order valence-electron chi connectivity index (χ0n) is 18.2. The van der Waals surface area contributed by atoms with Crippen LogP contribution in [0.1, 0.15) is 54.2 Å². The first-order valence-corrected chi connectivity index (χ1v) is 10.6. The molecule has 0 spiro atoms. The van der Waals surface area contributed by atoms with Crippen molar-refractivity contribution in [2.75, 3.05) is 0 Å². The Hall–Kier alpha value is -3.32. The number of para-hydroxylation sites is 1. The number of benzene rings is 3. The molecule has 0 atom stereocenters. The fourth-order valence-electron chi connectivity index (χ4n) is 5.48. The molecule has 1 heteroatoms. The van der Waals surface area contributed by atoms with E-state index in [1.165, 1.54) is 55.2 Å². The number of H-pyrrole nitrogens is 1. The van der Waals surface area contributed by atoms with E-state index in [0.29, 0.717) is 0 Å². The number of hydrogen-bond acceptors (Lipinski definition) is 0. The molecule has 1 heterocycles. The lowest BCUT2D eigenvalue weighted by Crippen LogP contribution is -2.16. The number of hydrogen-bond donors (Lipinski definition) is 1. The van der Waals surface area contributed by atoms with Gasteiger partial charge in [-0.05, 0) is 64.4 Å². The summed E-state index contributed by atoms with van der Waals surface area (Å²) in [6, 6.07) is 13.1. The molecular weight excluding hydrogens is 362 g/mol. The Bertz CT molecular complexity index is 1410. The van der Waals surface area contributed by atoms with Gasteiger partial charge in [-0.25, -0.2) is 0 Å². The molecule has 1 nitrogen and oxygen atoms in total. The van der Waals surface area contributed by atoms with E-state index in [-0.39, 0.29) is 5.41 Å². The van der Waals surface area contributed by atoms with Crippen LogP contribution in [0.4, 0.5) is 0 Å². The van der Waals surface area contributed by atoms with Gasteiger partial charge in [0.05, 0.1) is 5.52 Å². The topological polar surface area (TPSA) is 15.8 Å². The highest BCUT2D eigenvalue weighted by Gasteiger charge is 2.41. The number of aromatic amines is 1. The molecule has 0 amide bonds. The van der Waals surface area contributed by atoms with Gasteiger partial charge < -0.3 is 4.98 Å². The second-order valence-electron chi connectivity index (χ2n) is 8.75. The van der Waals surface area contributed by atoms with E-state index in [1.54, 1.807) is 0 Å². The van der Waals surface area contributed by atoms with Gasteiger partial charge in [0.25, 0.3) is 0 Å². The molecule has 0 saturated heterocycles. The summed E-state index contributed by atoms with van der Waals surface area (Å²) in [6.45, 7) is 17.4. The lowest BCUT2D eigenvalue weighted by molar-refractivity contribution is 0.665. The smallest absolute Gasteiger partial charge is 0.0519 e. The Labute approximate surface area is 178 Å². The van der Waals surface area contributed by atoms with Crippen molar-refractivity contribution in [3.8, 4) is 11.1 Å². The quantitative estimate of drug-likeness (QED) is 0.363. The lowest BCUT2D eigenvalue weighted by atomic mass is 9.80. The molecule has 0 bridgehead atoms. The van der Waals surface area contributed by atoms with Gasteiger partial charge in [-0.1, -0.05) is 81.6 Å². The Morgan fingerprint density at radius 2 is 1.63 bits per heavy atom. The standard InChI is InChI=1S/C29H27N/c1-7-12-20-17(4)15-16-22-25(20)26-19(9-3)18(8-2)24-21-13-10-11-14-23(21)30-28(24)27(26)29(22,5)6/h7-16,30H,2-3H2,1,4-6H3/b12-7-. The lowest BCUT2D eigenvalue weighted by Gasteiger charge is -2.23. The van der Waals surface area contributed by atoms with Gasteiger partial charge in [0.15, 0.2) is 0 Å². The molecule has 0 aliphatic heterocycles. The molecule has 1 N–H and O–H groups in total. The maximum Gasteiger partial charge on any atom is 0.0519 e. The average Bonchev–Trinajstić information content (AvgIpc) is 3.22. The molecule has 30 heavy (non-hydrogen) atoms. The van der Waals surface area contributed by atoms with Gasteiger partial charge in [0.2, 0.25) is 0 Å². The van der Waals surface area contributed by atoms with Gasteiger partial charge in [0, 0.05) is 21.7 Å². The minimum absolute atomic E-state index is 0.120. The van der Waals surface area contributed by atoms with Crippen molar-refractivity contribution in [3.63, 3.8) is 0 Å². The first kappa shape index (κ1) is 18.7. The molecule has 148 valence electrons. The third-order valence-electron chi connectivity index (χ3n) is 6.79. The SMILES string of the molecule is C=Cc1c2c(c3[nH]c4ccccc4c3c1C=C)C(C)(C)c1ccc(C)c(/C=C\C)c1-2. The van der Waals surface area contributed by atoms with Crippen LogP contribution in [0.15, 0.2) is 55.6 Å². The van der Waals surface area contributed by atoms with Crippen molar-refractivity contribution in [1.29, 1.82) is 0 Å². The summed E-state index contributed by atoms with van der Waals surface area (Å²) in [4.78, 5) is 3.76. The summed E-state index contributed by atoms with van der Waals surface area (Å²) in [5, 5.41) is 2.49. The van der Waals surface area contributed by atoms with Gasteiger partial charge in [0.1, 0.15) is 0 Å². The predicted molar refractivity (Wildman–Crippen MR) is 133 cm³/mol. The number of rotatable bonds is 3. The van der Waals surface area contributed by atoms with Crippen molar-refractivity contribution in [3.05, 3.63) is 89.0 Å². The first-order chi connectivity index (χ1) is 14.5. The molecule has 1 aromatic heterocycles. The highest BCUT2D eigenvalue weighted by Crippen LogP contribution is 2.56. The minimum atomic E-state index is -0.120. The van der Waals surface area contributed by atoms with E-state index in [2.05, 4.69) is 94.4 Å². The van der Waals surface area contributed by atoms with Gasteiger partial charge >= 0.3 is 0 Å².